The van der Waals surface area contributed by atoms with Crippen LogP contribution in [0.2, 0.25) is 0 Å². The number of rotatable bonds is 5. The largest absolute Gasteiger partial charge is 0.495 e. The molecule has 2 heterocycles. The Morgan fingerprint density at radius 1 is 1.32 bits per heavy atom. The number of para-hydroxylation sites is 2. The molecule has 0 spiro atoms. The number of anilines is 1. The molecule has 1 unspecified atom stereocenters. The number of nitrogens with one attached hydrogen (secondary N) is 1. The molecular weight excluding hydrogens is 334 g/mol. The van der Waals surface area contributed by atoms with E-state index in [0.29, 0.717) is 6.54 Å². The van der Waals surface area contributed by atoms with Crippen LogP contribution >= 0.6 is 11.3 Å². The standard InChI is InChI=1S/C19H23N3O2S/c1-24-16-7-3-2-6-15(16)22-12-8-14(17(22)23)21-19(9-4-5-10-19)18-20-11-13-25-18/h2-3,6-7,11,13-14,21H,4-5,8-10,12H2,1H3. The van der Waals surface area contributed by atoms with Gasteiger partial charge in [0.25, 0.3) is 0 Å². The third-order valence-corrected chi connectivity index (χ3v) is 6.31. The molecule has 132 valence electrons. The van der Waals surface area contributed by atoms with Gasteiger partial charge >= 0.3 is 0 Å². The maximum absolute atomic E-state index is 13.1. The van der Waals surface area contributed by atoms with Gasteiger partial charge in [0.05, 0.1) is 24.4 Å². The number of carbonyl (C=O) groups is 1. The van der Waals surface area contributed by atoms with E-state index in [-0.39, 0.29) is 17.5 Å². The molecule has 4 rings (SSSR count). The highest BCUT2D eigenvalue weighted by Crippen LogP contribution is 2.41. The van der Waals surface area contributed by atoms with Crippen molar-refractivity contribution in [3.05, 3.63) is 40.8 Å². The van der Waals surface area contributed by atoms with Gasteiger partial charge in [0.1, 0.15) is 10.8 Å². The van der Waals surface area contributed by atoms with Gasteiger partial charge < -0.3 is 9.64 Å². The topological polar surface area (TPSA) is 54.5 Å². The number of hydrogen-bond acceptors (Lipinski definition) is 5. The molecular formula is C19H23N3O2S. The third kappa shape index (κ3) is 2.93. The molecule has 25 heavy (non-hydrogen) atoms. The lowest BCUT2D eigenvalue weighted by Crippen LogP contribution is -2.49. The van der Waals surface area contributed by atoms with Gasteiger partial charge in [0.15, 0.2) is 0 Å². The summed E-state index contributed by atoms with van der Waals surface area (Å²) in [4.78, 5) is 19.5. The minimum Gasteiger partial charge on any atom is -0.495 e. The molecule has 1 N–H and O–H groups in total. The molecule has 1 saturated carbocycles. The lowest BCUT2D eigenvalue weighted by molar-refractivity contribution is -0.119. The Kier molecular flexibility index (Phi) is 4.48. The lowest BCUT2D eigenvalue weighted by atomic mass is 9.96. The summed E-state index contributed by atoms with van der Waals surface area (Å²) in [6, 6.07) is 7.56. The van der Waals surface area contributed by atoms with Gasteiger partial charge in [0.2, 0.25) is 5.91 Å². The number of nitrogens with zero attached hydrogens (tertiary/aromatic N) is 2. The molecule has 6 heteroatoms. The van der Waals surface area contributed by atoms with E-state index in [1.807, 2.05) is 40.7 Å². The maximum atomic E-state index is 13.1. The summed E-state index contributed by atoms with van der Waals surface area (Å²) in [5, 5.41) is 6.84. The van der Waals surface area contributed by atoms with Crippen molar-refractivity contribution in [3.63, 3.8) is 0 Å². The highest BCUT2D eigenvalue weighted by Gasteiger charge is 2.44. The summed E-state index contributed by atoms with van der Waals surface area (Å²) in [6.07, 6.45) is 7.15. The van der Waals surface area contributed by atoms with Crippen LogP contribution in [0.5, 0.6) is 5.75 Å². The van der Waals surface area contributed by atoms with Gasteiger partial charge in [-0.1, -0.05) is 25.0 Å². The Morgan fingerprint density at radius 3 is 2.84 bits per heavy atom. The van der Waals surface area contributed by atoms with Crippen LogP contribution in [0.4, 0.5) is 5.69 Å². The minimum atomic E-state index is -0.160. The van der Waals surface area contributed by atoms with Crippen LogP contribution in [0.25, 0.3) is 0 Å². The first-order valence-electron chi connectivity index (χ1n) is 8.85. The molecule has 2 aromatic rings. The SMILES string of the molecule is COc1ccccc1N1CCC(NC2(c3nccs3)CCCC2)C1=O. The third-order valence-electron chi connectivity index (χ3n) is 5.33. The van der Waals surface area contributed by atoms with E-state index in [1.54, 1.807) is 18.4 Å². The fraction of sp³-hybridized carbons (Fsp3) is 0.474. The number of benzene rings is 1. The van der Waals surface area contributed by atoms with Gasteiger partial charge in [-0.2, -0.15) is 0 Å². The summed E-state index contributed by atoms with van der Waals surface area (Å²) in [6.45, 7) is 0.713. The average molecular weight is 357 g/mol. The molecule has 1 aromatic carbocycles. The first-order chi connectivity index (χ1) is 12.2. The first-order valence-corrected chi connectivity index (χ1v) is 9.73. The molecule has 1 amide bonds. The predicted molar refractivity (Wildman–Crippen MR) is 99.1 cm³/mol. The number of aromatic nitrogens is 1. The first kappa shape index (κ1) is 16.5. The van der Waals surface area contributed by atoms with Gasteiger partial charge in [-0.05, 0) is 31.4 Å². The van der Waals surface area contributed by atoms with E-state index >= 15 is 0 Å². The molecule has 1 aliphatic heterocycles. The normalized spacial score (nSPS) is 22.5. The summed E-state index contributed by atoms with van der Waals surface area (Å²) >= 11 is 1.69. The highest BCUT2D eigenvalue weighted by atomic mass is 32.1. The molecule has 2 fully saturated rings. The number of thiazole rings is 1. The Hall–Kier alpha value is -1.92. The van der Waals surface area contributed by atoms with Crippen LogP contribution in [0, 0.1) is 0 Å². The highest BCUT2D eigenvalue weighted by molar-refractivity contribution is 7.09. The Bertz CT molecular complexity index is 741. The Balaban J connectivity index is 1.56. The molecule has 2 aliphatic rings. The molecule has 1 aromatic heterocycles. The van der Waals surface area contributed by atoms with Crippen LogP contribution in [0.3, 0.4) is 0 Å². The van der Waals surface area contributed by atoms with Gasteiger partial charge in [-0.3, -0.25) is 10.1 Å². The van der Waals surface area contributed by atoms with Crippen molar-refractivity contribution >= 4 is 22.9 Å². The quantitative estimate of drug-likeness (QED) is 0.892. The summed E-state index contributed by atoms with van der Waals surface area (Å²) in [7, 11) is 1.64. The van der Waals surface area contributed by atoms with Crippen LogP contribution in [-0.2, 0) is 10.3 Å². The van der Waals surface area contributed by atoms with Crippen LogP contribution in [-0.4, -0.2) is 30.6 Å². The molecule has 1 saturated heterocycles. The number of ether oxygens (including phenoxy) is 1. The summed E-state index contributed by atoms with van der Waals surface area (Å²) in [5.41, 5.74) is 0.722. The number of carbonyl (C=O) groups excluding carboxylic acids is 1. The zero-order chi connectivity index (χ0) is 17.3. The fourth-order valence-corrected chi connectivity index (χ4v) is 4.96. The summed E-state index contributed by atoms with van der Waals surface area (Å²) in [5.74, 6) is 0.874. The molecule has 1 aliphatic carbocycles. The average Bonchev–Trinajstić information content (AvgIpc) is 3.38. The van der Waals surface area contributed by atoms with Crippen molar-refractivity contribution in [2.45, 2.75) is 43.7 Å². The predicted octanol–water partition coefficient (Wildman–Crippen LogP) is 3.32. The molecule has 0 radical (unpaired) electrons. The van der Waals surface area contributed by atoms with E-state index in [2.05, 4.69) is 10.3 Å². The van der Waals surface area contributed by atoms with Crippen LogP contribution < -0.4 is 15.0 Å². The van der Waals surface area contributed by atoms with E-state index in [9.17, 15) is 4.79 Å². The zero-order valence-electron chi connectivity index (χ0n) is 14.4. The van der Waals surface area contributed by atoms with E-state index in [4.69, 9.17) is 4.74 Å². The molecule has 1 atom stereocenters. The van der Waals surface area contributed by atoms with Gasteiger partial charge in [0, 0.05) is 18.1 Å². The second-order valence-electron chi connectivity index (χ2n) is 6.77. The second-order valence-corrected chi connectivity index (χ2v) is 7.67. The van der Waals surface area contributed by atoms with Crippen molar-refractivity contribution in [1.29, 1.82) is 0 Å². The van der Waals surface area contributed by atoms with E-state index < -0.39 is 0 Å². The van der Waals surface area contributed by atoms with E-state index in [1.165, 1.54) is 12.8 Å². The van der Waals surface area contributed by atoms with Gasteiger partial charge in [-0.25, -0.2) is 4.98 Å². The number of amides is 1. The van der Waals surface area contributed by atoms with Crippen LogP contribution in [0.15, 0.2) is 35.8 Å². The zero-order valence-corrected chi connectivity index (χ0v) is 15.2. The Labute approximate surface area is 152 Å². The summed E-state index contributed by atoms with van der Waals surface area (Å²) < 4.78 is 5.43. The Morgan fingerprint density at radius 2 is 2.12 bits per heavy atom. The van der Waals surface area contributed by atoms with Crippen molar-refractivity contribution in [1.82, 2.24) is 10.3 Å². The van der Waals surface area contributed by atoms with Crippen LogP contribution in [0.1, 0.15) is 37.1 Å². The van der Waals surface area contributed by atoms with E-state index in [0.717, 1.165) is 35.7 Å². The number of methoxy groups -OCH3 is 1. The minimum absolute atomic E-state index is 0.132. The van der Waals surface area contributed by atoms with Crippen molar-refractivity contribution in [2.24, 2.45) is 0 Å². The molecule has 5 nitrogen and oxygen atoms in total. The second kappa shape index (κ2) is 6.77. The van der Waals surface area contributed by atoms with Gasteiger partial charge in [-0.15, -0.1) is 11.3 Å². The number of hydrogen-bond donors (Lipinski definition) is 1. The van der Waals surface area contributed by atoms with Crippen molar-refractivity contribution in [3.8, 4) is 5.75 Å². The molecule has 0 bridgehead atoms. The lowest BCUT2D eigenvalue weighted by Gasteiger charge is -2.31. The van der Waals surface area contributed by atoms with Crippen molar-refractivity contribution in [2.75, 3.05) is 18.6 Å². The smallest absolute Gasteiger partial charge is 0.244 e. The van der Waals surface area contributed by atoms with Crippen molar-refractivity contribution < 1.29 is 9.53 Å². The fourth-order valence-electron chi connectivity index (χ4n) is 4.10. The monoisotopic (exact) mass is 357 g/mol. The maximum Gasteiger partial charge on any atom is 0.244 e.